The Hall–Kier alpha value is -2.80. The van der Waals surface area contributed by atoms with Crippen molar-refractivity contribution in [2.75, 3.05) is 56.2 Å². The molecule has 1 amide bonds. The zero-order chi connectivity index (χ0) is 20.2. The third-order valence-corrected chi connectivity index (χ3v) is 5.73. The van der Waals surface area contributed by atoms with Crippen LogP contribution in [0, 0.1) is 0 Å². The topological polar surface area (TPSA) is 68.9 Å². The minimum Gasteiger partial charge on any atom is -0.378 e. The van der Waals surface area contributed by atoms with E-state index in [1.54, 1.807) is 11.0 Å². The molecular weight excluding hydrogens is 368 g/mol. The van der Waals surface area contributed by atoms with Crippen LogP contribution < -0.4 is 15.4 Å². The third-order valence-electron chi connectivity index (χ3n) is 5.73. The van der Waals surface area contributed by atoms with Crippen molar-refractivity contribution in [1.29, 1.82) is 0 Å². The molecule has 2 aromatic rings. The molecule has 1 aromatic carbocycles. The minimum absolute atomic E-state index is 0.0874. The summed E-state index contributed by atoms with van der Waals surface area (Å²) in [4.78, 5) is 34.0. The first-order valence-corrected chi connectivity index (χ1v) is 10.2. The average Bonchev–Trinajstić information content (AvgIpc) is 2.87. The Morgan fingerprint density at radius 1 is 1.07 bits per heavy atom. The molecule has 2 fully saturated rings. The van der Waals surface area contributed by atoms with Crippen LogP contribution in [0.1, 0.15) is 12.0 Å². The van der Waals surface area contributed by atoms with Gasteiger partial charge in [0.15, 0.2) is 0 Å². The van der Waals surface area contributed by atoms with Crippen molar-refractivity contribution in [3.63, 3.8) is 0 Å². The predicted octanol–water partition coefficient (Wildman–Crippen LogP) is 1.49. The second-order valence-corrected chi connectivity index (χ2v) is 7.75. The molecule has 7 nitrogen and oxygen atoms in total. The summed E-state index contributed by atoms with van der Waals surface area (Å²) in [5.74, 6) is 0.917. The van der Waals surface area contributed by atoms with Gasteiger partial charge in [0.05, 0.1) is 19.3 Å². The molecule has 1 N–H and O–H groups in total. The van der Waals surface area contributed by atoms with Crippen molar-refractivity contribution < 1.29 is 9.53 Å². The summed E-state index contributed by atoms with van der Waals surface area (Å²) in [5, 5.41) is 0. The van der Waals surface area contributed by atoms with Gasteiger partial charge in [-0.05, 0) is 12.0 Å². The number of morpholine rings is 1. The first-order chi connectivity index (χ1) is 14.1. The Morgan fingerprint density at radius 3 is 2.59 bits per heavy atom. The van der Waals surface area contributed by atoms with Gasteiger partial charge in [0.25, 0.3) is 5.56 Å². The van der Waals surface area contributed by atoms with E-state index in [9.17, 15) is 9.59 Å². The molecule has 2 saturated heterocycles. The molecule has 1 aromatic heterocycles. The van der Waals surface area contributed by atoms with Crippen LogP contribution in [0.25, 0.3) is 0 Å². The summed E-state index contributed by atoms with van der Waals surface area (Å²) in [7, 11) is 1.86. The van der Waals surface area contributed by atoms with Crippen LogP contribution in [0.3, 0.4) is 0 Å². The Kier molecular flexibility index (Phi) is 5.85. The average molecular weight is 396 g/mol. The van der Waals surface area contributed by atoms with E-state index < -0.39 is 0 Å². The van der Waals surface area contributed by atoms with Crippen molar-refractivity contribution in [3.8, 4) is 0 Å². The molecule has 2 aliphatic heterocycles. The van der Waals surface area contributed by atoms with Crippen LogP contribution in [0.2, 0.25) is 0 Å². The van der Waals surface area contributed by atoms with Crippen molar-refractivity contribution in [3.05, 3.63) is 58.4 Å². The van der Waals surface area contributed by atoms with Crippen LogP contribution >= 0.6 is 0 Å². The van der Waals surface area contributed by atoms with E-state index in [2.05, 4.69) is 26.9 Å². The summed E-state index contributed by atoms with van der Waals surface area (Å²) in [6, 6.07) is 14.1. The molecule has 154 valence electrons. The summed E-state index contributed by atoms with van der Waals surface area (Å²) in [6.07, 6.45) is 1.24. The number of aromatic amines is 1. The van der Waals surface area contributed by atoms with Gasteiger partial charge in [-0.1, -0.05) is 30.3 Å². The number of carbonyl (C=O) groups is 1. The first kappa shape index (κ1) is 19.5. The number of pyridine rings is 1. The number of nitrogens with one attached hydrogen (secondary N) is 1. The number of aromatic nitrogens is 1. The van der Waals surface area contributed by atoms with E-state index in [-0.39, 0.29) is 17.5 Å². The number of anilines is 2. The van der Waals surface area contributed by atoms with Gasteiger partial charge in [-0.25, -0.2) is 0 Å². The molecule has 0 radical (unpaired) electrons. The van der Waals surface area contributed by atoms with Crippen molar-refractivity contribution in [2.45, 2.75) is 18.9 Å². The number of benzene rings is 1. The summed E-state index contributed by atoms with van der Waals surface area (Å²) in [6.45, 7) is 4.10. The van der Waals surface area contributed by atoms with E-state index in [1.807, 2.05) is 31.3 Å². The largest absolute Gasteiger partial charge is 0.378 e. The van der Waals surface area contributed by atoms with Crippen molar-refractivity contribution in [1.82, 2.24) is 9.88 Å². The van der Waals surface area contributed by atoms with E-state index in [0.717, 1.165) is 31.0 Å². The minimum atomic E-state index is -0.119. The van der Waals surface area contributed by atoms with Gasteiger partial charge in [-0.15, -0.1) is 0 Å². The highest BCUT2D eigenvalue weighted by Crippen LogP contribution is 2.24. The fraction of sp³-hybridized carbons (Fsp3) is 0.455. The molecule has 7 heteroatoms. The van der Waals surface area contributed by atoms with Gasteiger partial charge in [-0.3, -0.25) is 9.59 Å². The summed E-state index contributed by atoms with van der Waals surface area (Å²) >= 11 is 0. The SMILES string of the molecule is CN1CC(Cc2ccccc2)N(c2cc(N3CCOCC3)cc(=O)[nH]2)CCC1=O. The number of carbonyl (C=O) groups excluding carboxylic acids is 1. The van der Waals surface area contributed by atoms with Crippen molar-refractivity contribution in [2.24, 2.45) is 0 Å². The molecule has 0 aliphatic carbocycles. The molecule has 0 spiro atoms. The maximum atomic E-state index is 12.5. The van der Waals surface area contributed by atoms with Crippen LogP contribution in [0.5, 0.6) is 0 Å². The number of H-pyrrole nitrogens is 1. The molecule has 1 atom stereocenters. The fourth-order valence-electron chi connectivity index (χ4n) is 4.16. The van der Waals surface area contributed by atoms with E-state index in [0.29, 0.717) is 32.7 Å². The first-order valence-electron chi connectivity index (χ1n) is 10.2. The number of ether oxygens (including phenoxy) is 1. The van der Waals surface area contributed by atoms with Crippen molar-refractivity contribution >= 4 is 17.4 Å². The quantitative estimate of drug-likeness (QED) is 0.848. The number of rotatable bonds is 4. The van der Waals surface area contributed by atoms with Gasteiger partial charge in [0.1, 0.15) is 5.82 Å². The van der Waals surface area contributed by atoms with Gasteiger partial charge < -0.3 is 24.4 Å². The highest BCUT2D eigenvalue weighted by atomic mass is 16.5. The molecular formula is C22H28N4O3. The lowest BCUT2D eigenvalue weighted by molar-refractivity contribution is -0.129. The predicted molar refractivity (Wildman–Crippen MR) is 114 cm³/mol. The monoisotopic (exact) mass is 396 g/mol. The van der Waals surface area contributed by atoms with Crippen LogP contribution in [0.4, 0.5) is 11.5 Å². The fourth-order valence-corrected chi connectivity index (χ4v) is 4.16. The zero-order valence-corrected chi connectivity index (χ0v) is 16.8. The van der Waals surface area contributed by atoms with Gasteiger partial charge in [0, 0.05) is 57.5 Å². The lowest BCUT2D eigenvalue weighted by Crippen LogP contribution is -2.43. The zero-order valence-electron chi connectivity index (χ0n) is 16.8. The highest BCUT2D eigenvalue weighted by molar-refractivity contribution is 5.77. The molecule has 1 unspecified atom stereocenters. The van der Waals surface area contributed by atoms with E-state index in [4.69, 9.17) is 4.74 Å². The molecule has 2 aliphatic rings. The number of amides is 1. The standard InChI is InChI=1S/C22H28N4O3/c1-24-16-19(13-17-5-3-2-4-6-17)26(8-7-22(24)28)20-14-18(15-21(27)23-20)25-9-11-29-12-10-25/h2-6,14-15,19H,7-13,16H2,1H3,(H,23,27). The third kappa shape index (κ3) is 4.62. The lowest BCUT2D eigenvalue weighted by Gasteiger charge is -2.34. The molecule has 0 bridgehead atoms. The molecule has 4 rings (SSSR count). The molecule has 3 heterocycles. The number of likely N-dealkylation sites (N-methyl/N-ethyl adjacent to an activating group) is 1. The number of nitrogens with zero attached hydrogens (tertiary/aromatic N) is 3. The maximum Gasteiger partial charge on any atom is 0.251 e. The summed E-state index contributed by atoms with van der Waals surface area (Å²) < 4.78 is 5.44. The second kappa shape index (κ2) is 8.69. The Balaban J connectivity index is 1.66. The summed E-state index contributed by atoms with van der Waals surface area (Å²) in [5.41, 5.74) is 2.01. The number of hydrogen-bond acceptors (Lipinski definition) is 5. The molecule has 29 heavy (non-hydrogen) atoms. The Morgan fingerprint density at radius 2 is 1.83 bits per heavy atom. The van der Waals surface area contributed by atoms with E-state index >= 15 is 0 Å². The van der Waals surface area contributed by atoms with Crippen LogP contribution in [-0.4, -0.2) is 68.3 Å². The normalized spacial score (nSPS) is 20.7. The molecule has 0 saturated carbocycles. The van der Waals surface area contributed by atoms with Crippen LogP contribution in [0.15, 0.2) is 47.3 Å². The number of hydrogen-bond donors (Lipinski definition) is 1. The Bertz CT molecular complexity index is 892. The maximum absolute atomic E-state index is 12.5. The smallest absolute Gasteiger partial charge is 0.251 e. The van der Waals surface area contributed by atoms with Gasteiger partial charge in [0.2, 0.25) is 5.91 Å². The van der Waals surface area contributed by atoms with Gasteiger partial charge >= 0.3 is 0 Å². The second-order valence-electron chi connectivity index (χ2n) is 7.75. The van der Waals surface area contributed by atoms with Gasteiger partial charge in [-0.2, -0.15) is 0 Å². The Labute approximate surface area is 170 Å². The highest BCUT2D eigenvalue weighted by Gasteiger charge is 2.28. The lowest BCUT2D eigenvalue weighted by atomic mass is 10.0. The van der Waals surface area contributed by atoms with Crippen LogP contribution in [-0.2, 0) is 16.0 Å². The van der Waals surface area contributed by atoms with E-state index in [1.165, 1.54) is 5.56 Å².